The average Bonchev–Trinajstić information content (AvgIpc) is 2.98. The second kappa shape index (κ2) is 6.93. The Hall–Kier alpha value is -3.05. The summed E-state index contributed by atoms with van der Waals surface area (Å²) in [6, 6.07) is 11.6. The predicted octanol–water partition coefficient (Wildman–Crippen LogP) is 3.97. The summed E-state index contributed by atoms with van der Waals surface area (Å²) >= 11 is 0. The van der Waals surface area contributed by atoms with Crippen molar-refractivity contribution in [3.63, 3.8) is 0 Å². The molecule has 4 rings (SSSR count). The maximum absolute atomic E-state index is 13.4. The van der Waals surface area contributed by atoms with Crippen molar-refractivity contribution in [3.8, 4) is 5.75 Å². The van der Waals surface area contributed by atoms with Gasteiger partial charge in [0.2, 0.25) is 5.78 Å². The van der Waals surface area contributed by atoms with Crippen LogP contribution in [0.3, 0.4) is 0 Å². The first-order valence-electron chi connectivity index (χ1n) is 8.90. The summed E-state index contributed by atoms with van der Waals surface area (Å²) in [6.07, 6.45) is 3.74. The molecular formula is C22H22N2O3. The summed E-state index contributed by atoms with van der Waals surface area (Å²) in [5.74, 6) is 0.707. The molecule has 3 heterocycles. The molecule has 27 heavy (non-hydrogen) atoms. The lowest BCUT2D eigenvalue weighted by Gasteiger charge is -2.30. The molecule has 5 nitrogen and oxygen atoms in total. The van der Waals surface area contributed by atoms with Gasteiger partial charge in [0.15, 0.2) is 0 Å². The number of methoxy groups -OCH3 is 1. The van der Waals surface area contributed by atoms with Gasteiger partial charge in [-0.05, 0) is 37.3 Å². The van der Waals surface area contributed by atoms with Crippen LogP contribution in [0.4, 0.5) is 5.69 Å². The van der Waals surface area contributed by atoms with Crippen LogP contribution in [0.25, 0.3) is 5.52 Å². The molecule has 0 aliphatic carbocycles. The van der Waals surface area contributed by atoms with E-state index in [9.17, 15) is 4.79 Å². The predicted molar refractivity (Wildman–Crippen MR) is 106 cm³/mol. The van der Waals surface area contributed by atoms with E-state index in [-0.39, 0.29) is 5.78 Å². The minimum atomic E-state index is -0.0272. The van der Waals surface area contributed by atoms with E-state index in [1.165, 1.54) is 0 Å². The maximum Gasteiger partial charge on any atom is 0.210 e. The SMILES string of the molecule is C=CCN1COCc2cc(C(=O)c3c(C)c(OC)c4ccccn34)ccc21. The molecule has 0 unspecified atom stereocenters. The highest BCUT2D eigenvalue weighted by atomic mass is 16.5. The van der Waals surface area contributed by atoms with Crippen LogP contribution in [-0.4, -0.2) is 30.6 Å². The van der Waals surface area contributed by atoms with Gasteiger partial charge in [-0.15, -0.1) is 6.58 Å². The number of benzene rings is 1. The van der Waals surface area contributed by atoms with E-state index in [1.807, 2.05) is 60.0 Å². The quantitative estimate of drug-likeness (QED) is 0.509. The van der Waals surface area contributed by atoms with E-state index in [1.54, 1.807) is 7.11 Å². The lowest BCUT2D eigenvalue weighted by molar-refractivity contribution is 0.102. The summed E-state index contributed by atoms with van der Waals surface area (Å²) < 4.78 is 13.1. The summed E-state index contributed by atoms with van der Waals surface area (Å²) in [4.78, 5) is 15.5. The topological polar surface area (TPSA) is 43.2 Å². The minimum Gasteiger partial charge on any atom is -0.494 e. The third-order valence-electron chi connectivity index (χ3n) is 4.98. The van der Waals surface area contributed by atoms with E-state index >= 15 is 0 Å². The second-order valence-electron chi connectivity index (χ2n) is 6.62. The van der Waals surface area contributed by atoms with Crippen LogP contribution >= 0.6 is 0 Å². The first-order chi connectivity index (χ1) is 13.2. The lowest BCUT2D eigenvalue weighted by atomic mass is 10.0. The molecule has 0 spiro atoms. The van der Waals surface area contributed by atoms with Crippen molar-refractivity contribution in [2.75, 3.05) is 25.3 Å². The molecule has 0 N–H and O–H groups in total. The Morgan fingerprint density at radius 2 is 2.19 bits per heavy atom. The van der Waals surface area contributed by atoms with Gasteiger partial charge in [0, 0.05) is 35.1 Å². The molecule has 138 valence electrons. The molecule has 0 saturated carbocycles. The molecule has 2 aromatic heterocycles. The van der Waals surface area contributed by atoms with Gasteiger partial charge in [0.25, 0.3) is 0 Å². The number of aromatic nitrogens is 1. The van der Waals surface area contributed by atoms with Crippen molar-refractivity contribution in [1.82, 2.24) is 4.40 Å². The lowest BCUT2D eigenvalue weighted by Crippen LogP contribution is -2.31. The Labute approximate surface area is 158 Å². The third-order valence-corrected chi connectivity index (χ3v) is 4.98. The number of ether oxygens (including phenoxy) is 2. The third kappa shape index (κ3) is 2.80. The van der Waals surface area contributed by atoms with Crippen molar-refractivity contribution in [1.29, 1.82) is 0 Å². The first-order valence-corrected chi connectivity index (χ1v) is 8.90. The van der Waals surface area contributed by atoms with E-state index in [2.05, 4.69) is 11.5 Å². The first kappa shape index (κ1) is 17.4. The number of fused-ring (bicyclic) bond motifs is 2. The van der Waals surface area contributed by atoms with Gasteiger partial charge in [-0.2, -0.15) is 0 Å². The van der Waals surface area contributed by atoms with Crippen LogP contribution in [0.15, 0.2) is 55.3 Å². The Morgan fingerprint density at radius 1 is 1.33 bits per heavy atom. The zero-order valence-electron chi connectivity index (χ0n) is 15.6. The summed E-state index contributed by atoms with van der Waals surface area (Å²) in [6.45, 7) is 7.46. The molecule has 0 saturated heterocycles. The molecule has 0 atom stereocenters. The van der Waals surface area contributed by atoms with Crippen LogP contribution in [0.1, 0.15) is 27.2 Å². The number of carbonyl (C=O) groups is 1. The van der Waals surface area contributed by atoms with Gasteiger partial charge in [-0.25, -0.2) is 0 Å². The van der Waals surface area contributed by atoms with E-state index in [0.29, 0.717) is 31.1 Å². The molecule has 0 radical (unpaired) electrons. The number of hydrogen-bond donors (Lipinski definition) is 0. The molecule has 1 aliphatic rings. The zero-order chi connectivity index (χ0) is 19.0. The van der Waals surface area contributed by atoms with E-state index < -0.39 is 0 Å². The monoisotopic (exact) mass is 362 g/mol. The van der Waals surface area contributed by atoms with E-state index in [0.717, 1.165) is 28.1 Å². The molecule has 0 fully saturated rings. The van der Waals surface area contributed by atoms with Crippen molar-refractivity contribution < 1.29 is 14.3 Å². The number of ketones is 1. The number of anilines is 1. The Balaban J connectivity index is 1.80. The zero-order valence-corrected chi connectivity index (χ0v) is 15.6. The van der Waals surface area contributed by atoms with Crippen LogP contribution < -0.4 is 9.64 Å². The number of carbonyl (C=O) groups excluding carboxylic acids is 1. The van der Waals surface area contributed by atoms with Crippen molar-refractivity contribution >= 4 is 17.0 Å². The smallest absolute Gasteiger partial charge is 0.210 e. The fraction of sp³-hybridized carbons (Fsp3) is 0.227. The number of hydrogen-bond acceptors (Lipinski definition) is 4. The Bertz CT molecular complexity index is 1040. The van der Waals surface area contributed by atoms with Crippen LogP contribution in [0.5, 0.6) is 5.75 Å². The maximum atomic E-state index is 13.4. The summed E-state index contributed by atoms with van der Waals surface area (Å²) in [5, 5.41) is 0. The van der Waals surface area contributed by atoms with Crippen LogP contribution in [0, 0.1) is 6.92 Å². The fourth-order valence-electron chi connectivity index (χ4n) is 3.77. The molecule has 3 aromatic rings. The average molecular weight is 362 g/mol. The molecule has 0 amide bonds. The second-order valence-corrected chi connectivity index (χ2v) is 6.62. The fourth-order valence-corrected chi connectivity index (χ4v) is 3.77. The van der Waals surface area contributed by atoms with Gasteiger partial charge in [0.1, 0.15) is 18.2 Å². The van der Waals surface area contributed by atoms with E-state index in [4.69, 9.17) is 9.47 Å². The number of pyridine rings is 1. The molecule has 5 heteroatoms. The highest BCUT2D eigenvalue weighted by Gasteiger charge is 2.24. The highest BCUT2D eigenvalue weighted by molar-refractivity contribution is 6.10. The molecular weight excluding hydrogens is 340 g/mol. The van der Waals surface area contributed by atoms with Gasteiger partial charge in [-0.3, -0.25) is 4.79 Å². The molecule has 1 aromatic carbocycles. The molecule has 1 aliphatic heterocycles. The van der Waals surface area contributed by atoms with Crippen molar-refractivity contribution in [3.05, 3.63) is 77.6 Å². The van der Waals surface area contributed by atoms with Gasteiger partial charge >= 0.3 is 0 Å². The molecule has 0 bridgehead atoms. The van der Waals surface area contributed by atoms with Crippen LogP contribution in [0.2, 0.25) is 0 Å². The Morgan fingerprint density at radius 3 is 2.96 bits per heavy atom. The van der Waals surface area contributed by atoms with Crippen molar-refractivity contribution in [2.24, 2.45) is 0 Å². The highest BCUT2D eigenvalue weighted by Crippen LogP contribution is 2.33. The summed E-state index contributed by atoms with van der Waals surface area (Å²) in [5.41, 5.74) is 5.11. The van der Waals surface area contributed by atoms with Gasteiger partial charge in [-0.1, -0.05) is 12.1 Å². The van der Waals surface area contributed by atoms with Gasteiger partial charge in [0.05, 0.1) is 19.2 Å². The number of rotatable bonds is 5. The number of nitrogens with zero attached hydrogens (tertiary/aromatic N) is 2. The van der Waals surface area contributed by atoms with Gasteiger partial charge < -0.3 is 18.8 Å². The minimum absolute atomic E-state index is 0.0272. The largest absolute Gasteiger partial charge is 0.494 e. The van der Waals surface area contributed by atoms with Crippen LogP contribution in [-0.2, 0) is 11.3 Å². The van der Waals surface area contributed by atoms with Crippen molar-refractivity contribution in [2.45, 2.75) is 13.5 Å². The standard InChI is InChI=1S/C22H22N2O3/c1-4-10-23-14-27-13-17-12-16(8-9-18(17)23)21(25)20-15(2)22(26-3)19-7-5-6-11-24(19)20/h4-9,11-12H,1,10,13-14H2,2-3H3. The normalized spacial score (nSPS) is 13.5. The summed E-state index contributed by atoms with van der Waals surface area (Å²) in [7, 11) is 1.63. The Kier molecular flexibility index (Phi) is 4.46.